The van der Waals surface area contributed by atoms with E-state index in [4.69, 9.17) is 31.3 Å². The van der Waals surface area contributed by atoms with Crippen molar-refractivity contribution in [2.75, 3.05) is 30.8 Å². The zero-order chi connectivity index (χ0) is 39.1. The van der Waals surface area contributed by atoms with Crippen molar-refractivity contribution in [1.82, 2.24) is 10.6 Å². The minimum atomic E-state index is -0.854. The number of para-hydroxylation sites is 1. The number of carboxylic acids is 5. The second-order valence-corrected chi connectivity index (χ2v) is 12.0. The van der Waals surface area contributed by atoms with Gasteiger partial charge in [-0.05, 0) is 56.8 Å². The highest BCUT2D eigenvalue weighted by molar-refractivity contribution is 5.95. The number of fused-ring (bicyclic) bond motifs is 2. The molecule has 3 unspecified atom stereocenters. The number of likely N-dealkylation sites (N-methyl/N-ethyl adjacent to an activating group) is 1. The summed E-state index contributed by atoms with van der Waals surface area (Å²) in [5, 5.41) is 55.6. The van der Waals surface area contributed by atoms with Crippen LogP contribution in [0.15, 0.2) is 66.7 Å². The first-order valence-corrected chi connectivity index (χ1v) is 17.0. The molecule has 1 heterocycles. The summed E-state index contributed by atoms with van der Waals surface area (Å²) in [7, 11) is 1.59. The lowest BCUT2D eigenvalue weighted by molar-refractivity contribution is -0.139. The van der Waals surface area contributed by atoms with Gasteiger partial charge in [0.05, 0.1) is 13.0 Å². The van der Waals surface area contributed by atoms with Crippen molar-refractivity contribution in [2.45, 2.75) is 83.0 Å². The Kier molecular flexibility index (Phi) is 21.4. The van der Waals surface area contributed by atoms with Gasteiger partial charge in [0.15, 0.2) is 0 Å². The van der Waals surface area contributed by atoms with E-state index in [2.05, 4.69) is 21.3 Å². The first-order chi connectivity index (χ1) is 24.7. The van der Waals surface area contributed by atoms with Crippen LogP contribution in [0.25, 0.3) is 10.8 Å². The molecule has 3 aromatic rings. The van der Waals surface area contributed by atoms with Crippen molar-refractivity contribution in [3.8, 4) is 0 Å². The average molecular weight is 728 g/mol. The lowest BCUT2D eigenvalue weighted by Gasteiger charge is -2.24. The molecule has 52 heavy (non-hydrogen) atoms. The number of anilines is 2. The van der Waals surface area contributed by atoms with Crippen LogP contribution in [0.4, 0.5) is 11.4 Å². The molecule has 15 nitrogen and oxygen atoms in total. The molecule has 1 fully saturated rings. The maximum Gasteiger partial charge on any atom is 0.326 e. The van der Waals surface area contributed by atoms with Crippen molar-refractivity contribution in [3.05, 3.63) is 72.3 Å². The second kappa shape index (κ2) is 24.8. The molecule has 2 aliphatic rings. The summed E-state index contributed by atoms with van der Waals surface area (Å²) >= 11 is 0. The van der Waals surface area contributed by atoms with E-state index in [-0.39, 0.29) is 19.5 Å². The number of hydrogen-bond acceptors (Lipinski definition) is 10. The molecule has 11 N–H and O–H groups in total. The van der Waals surface area contributed by atoms with Crippen molar-refractivity contribution in [2.24, 2.45) is 5.73 Å². The lowest BCUT2D eigenvalue weighted by atomic mass is 9.95. The largest absolute Gasteiger partial charge is 0.481 e. The first-order valence-electron chi connectivity index (χ1n) is 17.0. The smallest absolute Gasteiger partial charge is 0.326 e. The molecule has 5 rings (SSSR count). The molecule has 0 aromatic heterocycles. The number of nitrogens with one attached hydrogen (secondary N) is 4. The van der Waals surface area contributed by atoms with E-state index >= 15 is 0 Å². The molecule has 15 heteroatoms. The second-order valence-electron chi connectivity index (χ2n) is 12.0. The third kappa shape index (κ3) is 18.1. The molecule has 286 valence electrons. The van der Waals surface area contributed by atoms with E-state index in [1.165, 1.54) is 19.3 Å². The molecule has 1 aliphatic heterocycles. The molecule has 1 saturated carbocycles. The van der Waals surface area contributed by atoms with Gasteiger partial charge in [0, 0.05) is 35.8 Å². The van der Waals surface area contributed by atoms with Gasteiger partial charge in [0.25, 0.3) is 0 Å². The Morgan fingerprint density at radius 3 is 1.88 bits per heavy atom. The van der Waals surface area contributed by atoms with Crippen LogP contribution in [0, 0.1) is 0 Å². The van der Waals surface area contributed by atoms with Crippen molar-refractivity contribution in [1.29, 1.82) is 0 Å². The number of aliphatic carboxylic acids is 5. The van der Waals surface area contributed by atoms with E-state index in [1.807, 2.05) is 66.7 Å². The summed E-state index contributed by atoms with van der Waals surface area (Å²) in [5.74, 6) is -4.05. The van der Waals surface area contributed by atoms with E-state index < -0.39 is 48.0 Å². The van der Waals surface area contributed by atoms with Crippen LogP contribution < -0.4 is 27.0 Å². The van der Waals surface area contributed by atoms with Gasteiger partial charge in [0.2, 0.25) is 0 Å². The lowest BCUT2D eigenvalue weighted by Crippen LogP contribution is -2.42. The zero-order valence-corrected chi connectivity index (χ0v) is 29.9. The van der Waals surface area contributed by atoms with Gasteiger partial charge >= 0.3 is 29.8 Å². The maximum atomic E-state index is 10.8. The summed E-state index contributed by atoms with van der Waals surface area (Å²) in [6.45, 7) is 3.61. The summed E-state index contributed by atoms with van der Waals surface area (Å²) in [6.07, 6.45) is 6.72. The molecule has 3 atom stereocenters. The Morgan fingerprint density at radius 1 is 0.788 bits per heavy atom. The number of benzene rings is 3. The van der Waals surface area contributed by atoms with Crippen molar-refractivity contribution < 1.29 is 49.5 Å². The van der Waals surface area contributed by atoms with Crippen LogP contribution in [-0.2, 0) is 30.4 Å². The van der Waals surface area contributed by atoms with Crippen LogP contribution in [0.5, 0.6) is 0 Å². The standard InChI is InChI=1S/C13H13NO2.C9H9NO2.C9H17NO2.2C3H7NO2/c1-9(13(15)16)14-12-8-4-6-10-5-2-3-7-11(10)12;11-9(12)8-5-6-3-1-2-4-7(6)10-8;1-7(9(11)12)10-8-5-3-2-4-6-8;1-4-2-3(5)6;4-2-1-3(5)6/h2-9,14H,1H3,(H,15,16);1-4,8,10H,5H2,(H,11,12);7-8,10H,2-6H2,1H3,(H,11,12);4H,2H2,1H3,(H,5,6);1-2,4H2,(H,5,6). The van der Waals surface area contributed by atoms with Crippen LogP contribution in [0.2, 0.25) is 0 Å². The molecule has 0 radical (unpaired) electrons. The third-order valence-electron chi connectivity index (χ3n) is 7.75. The van der Waals surface area contributed by atoms with Gasteiger partial charge in [-0.15, -0.1) is 0 Å². The van der Waals surface area contributed by atoms with Crippen LogP contribution in [0.1, 0.15) is 57.9 Å². The van der Waals surface area contributed by atoms with E-state index in [9.17, 15) is 24.0 Å². The normalized spacial score (nSPS) is 15.3. The monoisotopic (exact) mass is 727 g/mol. The topological polar surface area (TPSA) is 261 Å². The molecular weight excluding hydrogens is 674 g/mol. The van der Waals surface area contributed by atoms with Gasteiger partial charge in [-0.25, -0.2) is 4.79 Å². The fraction of sp³-hybridized carbons (Fsp3) is 0.432. The zero-order valence-electron chi connectivity index (χ0n) is 29.9. The number of hydrogen-bond donors (Lipinski definition) is 10. The van der Waals surface area contributed by atoms with Crippen molar-refractivity contribution >= 4 is 52.0 Å². The Morgan fingerprint density at radius 2 is 1.38 bits per heavy atom. The highest BCUT2D eigenvalue weighted by Gasteiger charge is 2.25. The van der Waals surface area contributed by atoms with Crippen LogP contribution in [-0.4, -0.2) is 99.7 Å². The fourth-order valence-corrected chi connectivity index (χ4v) is 5.06. The highest BCUT2D eigenvalue weighted by Crippen LogP contribution is 2.25. The molecular formula is C37H53N5O10. The van der Waals surface area contributed by atoms with Gasteiger partial charge in [-0.3, -0.25) is 19.2 Å². The highest BCUT2D eigenvalue weighted by atomic mass is 16.4. The molecule has 0 bridgehead atoms. The number of carbonyl (C=O) groups is 5. The third-order valence-corrected chi connectivity index (χ3v) is 7.75. The quantitative estimate of drug-likeness (QED) is 0.134. The predicted octanol–water partition coefficient (Wildman–Crippen LogP) is 3.92. The predicted molar refractivity (Wildman–Crippen MR) is 200 cm³/mol. The Hall–Kier alpha value is -5.25. The molecule has 1 aliphatic carbocycles. The molecule has 3 aromatic carbocycles. The minimum absolute atomic E-state index is 0.0417. The molecule has 0 spiro atoms. The van der Waals surface area contributed by atoms with E-state index in [0.29, 0.717) is 12.5 Å². The summed E-state index contributed by atoms with van der Waals surface area (Å²) in [4.78, 5) is 51.0. The Balaban J connectivity index is 0.000000342. The van der Waals surface area contributed by atoms with Gasteiger partial charge < -0.3 is 52.5 Å². The Bertz CT molecular complexity index is 1520. The first kappa shape index (κ1) is 44.8. The van der Waals surface area contributed by atoms with E-state index in [1.54, 1.807) is 20.9 Å². The molecule has 0 amide bonds. The SMILES string of the molecule is CC(NC1CCCCC1)C(=O)O.CC(Nc1cccc2ccccc12)C(=O)O.CNCC(=O)O.NCCC(=O)O.O=C(O)C1Cc2ccccc2N1. The van der Waals surface area contributed by atoms with Crippen molar-refractivity contribution in [3.63, 3.8) is 0 Å². The number of rotatable bonds is 11. The van der Waals surface area contributed by atoms with Crippen LogP contribution in [0.3, 0.4) is 0 Å². The molecule has 0 saturated heterocycles. The summed E-state index contributed by atoms with van der Waals surface area (Å²) in [5.41, 5.74) is 7.74. The fourth-order valence-electron chi connectivity index (χ4n) is 5.06. The van der Waals surface area contributed by atoms with Gasteiger partial charge in [-0.1, -0.05) is 73.9 Å². The minimum Gasteiger partial charge on any atom is -0.481 e. The number of carboxylic acid groups (broad SMARTS) is 5. The van der Waals surface area contributed by atoms with Gasteiger partial charge in [-0.2, -0.15) is 0 Å². The maximum absolute atomic E-state index is 10.8. The van der Waals surface area contributed by atoms with Crippen LogP contribution >= 0.6 is 0 Å². The van der Waals surface area contributed by atoms with Gasteiger partial charge in [0.1, 0.15) is 18.1 Å². The van der Waals surface area contributed by atoms with E-state index in [0.717, 1.165) is 40.6 Å². The Labute approximate surface area is 303 Å². The number of nitrogens with two attached hydrogens (primary N) is 1. The summed E-state index contributed by atoms with van der Waals surface area (Å²) in [6, 6.07) is 20.4. The summed E-state index contributed by atoms with van der Waals surface area (Å²) < 4.78 is 0. The average Bonchev–Trinajstić information content (AvgIpc) is 3.55.